The molecule has 0 aromatic heterocycles. The molecule has 2 amide bonds. The zero-order valence-electron chi connectivity index (χ0n) is 10.1. The summed E-state index contributed by atoms with van der Waals surface area (Å²) in [6.45, 7) is 4.11. The molecule has 17 heavy (non-hydrogen) atoms. The Balaban J connectivity index is 2.21. The quantitative estimate of drug-likeness (QED) is 0.576. The van der Waals surface area contributed by atoms with Gasteiger partial charge in [0.25, 0.3) is 5.91 Å². The van der Waals surface area contributed by atoms with Crippen molar-refractivity contribution in [2.24, 2.45) is 0 Å². The van der Waals surface area contributed by atoms with Gasteiger partial charge in [-0.05, 0) is 19.4 Å². The third-order valence-corrected chi connectivity index (χ3v) is 2.92. The molecule has 0 bridgehead atoms. The third kappa shape index (κ3) is 2.28. The first-order valence-electron chi connectivity index (χ1n) is 5.64. The lowest BCUT2D eigenvalue weighted by molar-refractivity contribution is -0.138. The van der Waals surface area contributed by atoms with Gasteiger partial charge in [-0.3, -0.25) is 14.5 Å². The van der Waals surface area contributed by atoms with Crippen LogP contribution in [0.5, 0.6) is 0 Å². The molecule has 2 rings (SSSR count). The second-order valence-corrected chi connectivity index (χ2v) is 4.43. The van der Waals surface area contributed by atoms with Crippen molar-refractivity contribution in [1.29, 1.82) is 0 Å². The van der Waals surface area contributed by atoms with Crippen LogP contribution in [0.2, 0.25) is 0 Å². The lowest BCUT2D eigenvalue weighted by Crippen LogP contribution is -2.28. The molecular formula is C14H15NO2. The molecule has 1 aromatic carbocycles. The van der Waals surface area contributed by atoms with Gasteiger partial charge in [0, 0.05) is 5.57 Å². The Bertz CT molecular complexity index is 484. The number of carbonyl (C=O) groups excluding carboxylic acids is 2. The van der Waals surface area contributed by atoms with Crippen LogP contribution in [-0.2, 0) is 16.1 Å². The average molecular weight is 229 g/mol. The van der Waals surface area contributed by atoms with E-state index >= 15 is 0 Å². The Morgan fingerprint density at radius 2 is 1.82 bits per heavy atom. The summed E-state index contributed by atoms with van der Waals surface area (Å²) in [6.07, 6.45) is 0.244. The molecule has 1 aliphatic heterocycles. The van der Waals surface area contributed by atoms with Gasteiger partial charge in [0.2, 0.25) is 5.91 Å². The molecule has 0 radical (unpaired) electrons. The first-order valence-corrected chi connectivity index (χ1v) is 5.64. The molecule has 88 valence electrons. The molecule has 1 aromatic rings. The number of hydrogen-bond acceptors (Lipinski definition) is 2. The van der Waals surface area contributed by atoms with Gasteiger partial charge >= 0.3 is 0 Å². The van der Waals surface area contributed by atoms with Crippen LogP contribution in [-0.4, -0.2) is 16.7 Å². The fourth-order valence-corrected chi connectivity index (χ4v) is 1.92. The standard InChI is InChI=1S/C14H15NO2/c1-10(2)12-8-13(16)15(14(12)17)9-11-6-4-3-5-7-11/h3-7H,8-9H2,1-2H3. The molecule has 0 unspecified atom stereocenters. The highest BCUT2D eigenvalue weighted by molar-refractivity contribution is 6.13. The summed E-state index contributed by atoms with van der Waals surface area (Å²) in [6, 6.07) is 9.56. The highest BCUT2D eigenvalue weighted by Gasteiger charge is 2.34. The van der Waals surface area contributed by atoms with Gasteiger partial charge in [-0.25, -0.2) is 0 Å². The summed E-state index contributed by atoms with van der Waals surface area (Å²) in [5, 5.41) is 0. The number of allylic oxidation sites excluding steroid dienone is 1. The van der Waals surface area contributed by atoms with Gasteiger partial charge in [-0.2, -0.15) is 0 Å². The van der Waals surface area contributed by atoms with E-state index in [0.29, 0.717) is 12.1 Å². The monoisotopic (exact) mass is 229 g/mol. The minimum atomic E-state index is -0.140. The second kappa shape index (κ2) is 4.53. The molecule has 0 saturated carbocycles. The van der Waals surface area contributed by atoms with E-state index < -0.39 is 0 Å². The van der Waals surface area contributed by atoms with Crippen molar-refractivity contribution in [3.8, 4) is 0 Å². The second-order valence-electron chi connectivity index (χ2n) is 4.43. The third-order valence-electron chi connectivity index (χ3n) is 2.92. The predicted octanol–water partition coefficient (Wildman–Crippen LogP) is 2.28. The maximum absolute atomic E-state index is 12.0. The van der Waals surface area contributed by atoms with Crippen LogP contribution in [0.1, 0.15) is 25.8 Å². The Hall–Kier alpha value is -1.90. The van der Waals surface area contributed by atoms with Crippen molar-refractivity contribution in [2.75, 3.05) is 0 Å². The minimum absolute atomic E-state index is 0.102. The van der Waals surface area contributed by atoms with Crippen LogP contribution in [0.4, 0.5) is 0 Å². The lowest BCUT2D eigenvalue weighted by atomic mass is 10.1. The number of amides is 2. The number of likely N-dealkylation sites (tertiary alicyclic amines) is 1. The van der Waals surface area contributed by atoms with Crippen LogP contribution in [0.3, 0.4) is 0 Å². The molecule has 0 spiro atoms. The van der Waals surface area contributed by atoms with Crippen LogP contribution >= 0.6 is 0 Å². The summed E-state index contributed by atoms with van der Waals surface area (Å²) in [5.74, 6) is -0.242. The molecule has 1 heterocycles. The van der Waals surface area contributed by atoms with E-state index in [2.05, 4.69) is 0 Å². The number of hydrogen-bond donors (Lipinski definition) is 0. The number of carbonyl (C=O) groups is 2. The van der Waals surface area contributed by atoms with Crippen LogP contribution in [0.15, 0.2) is 41.5 Å². The van der Waals surface area contributed by atoms with E-state index in [0.717, 1.165) is 11.1 Å². The molecule has 0 atom stereocenters. The topological polar surface area (TPSA) is 37.4 Å². The molecule has 3 nitrogen and oxygen atoms in total. The maximum atomic E-state index is 12.0. The number of rotatable bonds is 2. The van der Waals surface area contributed by atoms with E-state index in [1.807, 2.05) is 44.2 Å². The van der Waals surface area contributed by atoms with E-state index in [9.17, 15) is 9.59 Å². The van der Waals surface area contributed by atoms with Crippen molar-refractivity contribution in [1.82, 2.24) is 4.90 Å². The summed E-state index contributed by atoms with van der Waals surface area (Å²) >= 11 is 0. The fourth-order valence-electron chi connectivity index (χ4n) is 1.92. The predicted molar refractivity (Wildman–Crippen MR) is 65.0 cm³/mol. The Morgan fingerprint density at radius 3 is 2.35 bits per heavy atom. The minimum Gasteiger partial charge on any atom is -0.274 e. The maximum Gasteiger partial charge on any atom is 0.257 e. The number of benzene rings is 1. The smallest absolute Gasteiger partial charge is 0.257 e. The van der Waals surface area contributed by atoms with E-state index in [1.165, 1.54) is 4.90 Å². The van der Waals surface area contributed by atoms with Gasteiger partial charge in [0.1, 0.15) is 0 Å². The average Bonchev–Trinajstić information content (AvgIpc) is 2.58. The highest BCUT2D eigenvalue weighted by atomic mass is 16.2. The Labute approximate surface area is 101 Å². The Morgan fingerprint density at radius 1 is 1.18 bits per heavy atom. The largest absolute Gasteiger partial charge is 0.274 e. The van der Waals surface area contributed by atoms with Gasteiger partial charge in [0.15, 0.2) is 0 Å². The first kappa shape index (κ1) is 11.6. The van der Waals surface area contributed by atoms with E-state index in [-0.39, 0.29) is 18.2 Å². The number of nitrogens with zero attached hydrogens (tertiary/aromatic N) is 1. The van der Waals surface area contributed by atoms with Gasteiger partial charge in [-0.15, -0.1) is 0 Å². The van der Waals surface area contributed by atoms with Crippen molar-refractivity contribution in [2.45, 2.75) is 26.8 Å². The van der Waals surface area contributed by atoms with Crippen LogP contribution < -0.4 is 0 Å². The molecule has 1 saturated heterocycles. The number of imide groups is 1. The zero-order chi connectivity index (χ0) is 12.4. The molecule has 0 aliphatic carbocycles. The van der Waals surface area contributed by atoms with Crippen LogP contribution in [0, 0.1) is 0 Å². The normalized spacial score (nSPS) is 15.6. The fraction of sp³-hybridized carbons (Fsp3) is 0.286. The van der Waals surface area contributed by atoms with Crippen molar-refractivity contribution < 1.29 is 9.59 Å². The van der Waals surface area contributed by atoms with Gasteiger partial charge < -0.3 is 0 Å². The summed E-state index contributed by atoms with van der Waals surface area (Å²) in [4.78, 5) is 25.1. The van der Waals surface area contributed by atoms with Gasteiger partial charge in [0.05, 0.1) is 13.0 Å². The zero-order valence-corrected chi connectivity index (χ0v) is 10.1. The van der Waals surface area contributed by atoms with Crippen molar-refractivity contribution in [3.63, 3.8) is 0 Å². The van der Waals surface area contributed by atoms with E-state index in [4.69, 9.17) is 0 Å². The van der Waals surface area contributed by atoms with Gasteiger partial charge in [-0.1, -0.05) is 35.9 Å². The SMILES string of the molecule is CC(C)=C1CC(=O)N(Cc2ccccc2)C1=O. The highest BCUT2D eigenvalue weighted by Crippen LogP contribution is 2.23. The molecule has 0 N–H and O–H groups in total. The summed E-state index contributed by atoms with van der Waals surface area (Å²) in [5.41, 5.74) is 2.55. The molecule has 1 fully saturated rings. The molecular weight excluding hydrogens is 214 g/mol. The first-order chi connectivity index (χ1) is 8.09. The van der Waals surface area contributed by atoms with Crippen molar-refractivity contribution in [3.05, 3.63) is 47.0 Å². The summed E-state index contributed by atoms with van der Waals surface area (Å²) < 4.78 is 0. The van der Waals surface area contributed by atoms with Crippen LogP contribution in [0.25, 0.3) is 0 Å². The van der Waals surface area contributed by atoms with E-state index in [1.54, 1.807) is 0 Å². The molecule has 3 heteroatoms. The Kier molecular flexibility index (Phi) is 3.09. The molecule has 1 aliphatic rings. The lowest BCUT2D eigenvalue weighted by Gasteiger charge is -2.13. The van der Waals surface area contributed by atoms with Crippen molar-refractivity contribution >= 4 is 11.8 Å². The summed E-state index contributed by atoms with van der Waals surface area (Å²) in [7, 11) is 0.